The smallest absolute Gasteiger partial charge is 0.252 e. The van der Waals surface area contributed by atoms with Crippen molar-refractivity contribution in [2.75, 3.05) is 13.7 Å². The standard InChI is InChI=1S/C27H28N2O4S/c1-19-8-11-25(12-9-19)34(31,32)29(15-14-21-7-5-4-6-20(21)2)18-23-16-22-17-24(33-3)10-13-26(22)28-27(23)30/h4-13,16-17H,14-15,18H2,1-3H3,(H,28,30). The lowest BCUT2D eigenvalue weighted by atomic mass is 10.1. The molecule has 0 radical (unpaired) electrons. The van der Waals surface area contributed by atoms with Gasteiger partial charge in [0, 0.05) is 29.6 Å². The molecule has 0 aliphatic rings. The second kappa shape index (κ2) is 9.83. The van der Waals surface area contributed by atoms with E-state index in [0.29, 0.717) is 23.3 Å². The topological polar surface area (TPSA) is 79.5 Å². The fourth-order valence-electron chi connectivity index (χ4n) is 3.94. The molecule has 0 saturated heterocycles. The molecule has 0 bridgehead atoms. The van der Waals surface area contributed by atoms with Gasteiger partial charge in [-0.1, -0.05) is 42.0 Å². The summed E-state index contributed by atoms with van der Waals surface area (Å²) in [5.41, 5.74) is 3.89. The molecule has 6 nitrogen and oxygen atoms in total. The zero-order valence-electron chi connectivity index (χ0n) is 19.5. The van der Waals surface area contributed by atoms with Gasteiger partial charge in [-0.2, -0.15) is 4.31 Å². The van der Waals surface area contributed by atoms with Crippen LogP contribution < -0.4 is 10.3 Å². The van der Waals surface area contributed by atoms with Crippen molar-refractivity contribution in [2.45, 2.75) is 31.7 Å². The Morgan fingerprint density at radius 3 is 2.35 bits per heavy atom. The molecule has 0 aliphatic carbocycles. The molecule has 1 aromatic heterocycles. The van der Waals surface area contributed by atoms with Gasteiger partial charge in [0.2, 0.25) is 10.0 Å². The third kappa shape index (κ3) is 5.05. The first kappa shape index (κ1) is 23.7. The number of nitrogens with zero attached hydrogens (tertiary/aromatic N) is 1. The van der Waals surface area contributed by atoms with Crippen LogP contribution in [0.1, 0.15) is 22.3 Å². The quantitative estimate of drug-likeness (QED) is 0.404. The van der Waals surface area contributed by atoms with Crippen LogP contribution >= 0.6 is 0 Å². The Bertz CT molecular complexity index is 1480. The first-order chi connectivity index (χ1) is 16.3. The molecular weight excluding hydrogens is 448 g/mol. The lowest BCUT2D eigenvalue weighted by Crippen LogP contribution is -2.34. The molecule has 1 N–H and O–H groups in total. The number of hydrogen-bond acceptors (Lipinski definition) is 4. The number of methoxy groups -OCH3 is 1. The average molecular weight is 477 g/mol. The van der Waals surface area contributed by atoms with Crippen LogP contribution in [0.4, 0.5) is 0 Å². The molecule has 4 rings (SSSR count). The van der Waals surface area contributed by atoms with Crippen molar-refractivity contribution in [3.05, 3.63) is 105 Å². The van der Waals surface area contributed by atoms with Gasteiger partial charge in [0.25, 0.3) is 5.56 Å². The summed E-state index contributed by atoms with van der Waals surface area (Å²) in [6, 6.07) is 21.8. The van der Waals surface area contributed by atoms with E-state index in [2.05, 4.69) is 4.98 Å². The second-order valence-electron chi connectivity index (χ2n) is 8.41. The van der Waals surface area contributed by atoms with Crippen molar-refractivity contribution in [1.82, 2.24) is 9.29 Å². The molecule has 1 heterocycles. The van der Waals surface area contributed by atoms with Crippen LogP contribution in [0, 0.1) is 13.8 Å². The number of nitrogens with one attached hydrogen (secondary N) is 1. The van der Waals surface area contributed by atoms with Crippen LogP contribution in [0.15, 0.2) is 82.5 Å². The lowest BCUT2D eigenvalue weighted by molar-refractivity contribution is 0.408. The number of benzene rings is 3. The Balaban J connectivity index is 1.73. The Morgan fingerprint density at radius 1 is 0.912 bits per heavy atom. The highest BCUT2D eigenvalue weighted by atomic mass is 32.2. The molecule has 4 aromatic rings. The third-order valence-electron chi connectivity index (χ3n) is 6.03. The first-order valence-corrected chi connectivity index (χ1v) is 12.5. The zero-order chi connectivity index (χ0) is 24.3. The van der Waals surface area contributed by atoms with E-state index in [9.17, 15) is 13.2 Å². The van der Waals surface area contributed by atoms with E-state index in [0.717, 1.165) is 22.1 Å². The number of ether oxygens (including phenoxy) is 1. The molecule has 7 heteroatoms. The number of H-pyrrole nitrogens is 1. The Hall–Kier alpha value is -3.42. The fourth-order valence-corrected chi connectivity index (χ4v) is 5.36. The lowest BCUT2D eigenvalue weighted by Gasteiger charge is -2.23. The first-order valence-electron chi connectivity index (χ1n) is 11.1. The summed E-state index contributed by atoms with van der Waals surface area (Å²) in [6.07, 6.45) is 0.539. The maximum Gasteiger partial charge on any atom is 0.252 e. The summed E-state index contributed by atoms with van der Waals surface area (Å²) in [5, 5.41) is 0.778. The Morgan fingerprint density at radius 2 is 1.65 bits per heavy atom. The van der Waals surface area contributed by atoms with Crippen LogP contribution in [0.3, 0.4) is 0 Å². The summed E-state index contributed by atoms with van der Waals surface area (Å²) >= 11 is 0. The number of hydrogen-bond donors (Lipinski definition) is 1. The predicted octanol–water partition coefficient (Wildman–Crippen LogP) is 4.59. The third-order valence-corrected chi connectivity index (χ3v) is 7.88. The average Bonchev–Trinajstić information content (AvgIpc) is 2.82. The minimum absolute atomic E-state index is 0.0371. The largest absolute Gasteiger partial charge is 0.497 e. The van der Waals surface area contributed by atoms with Crippen LogP contribution in [0.2, 0.25) is 0 Å². The summed E-state index contributed by atoms with van der Waals surface area (Å²) < 4.78 is 33.9. The number of aromatic nitrogens is 1. The summed E-state index contributed by atoms with van der Waals surface area (Å²) in [6.45, 7) is 4.13. The minimum Gasteiger partial charge on any atom is -0.497 e. The Labute approximate surface area is 199 Å². The molecule has 0 fully saturated rings. The molecule has 0 aliphatic heterocycles. The number of sulfonamides is 1. The highest BCUT2D eigenvalue weighted by Crippen LogP contribution is 2.22. The van der Waals surface area contributed by atoms with Gasteiger partial charge in [-0.05, 0) is 67.8 Å². The highest BCUT2D eigenvalue weighted by molar-refractivity contribution is 7.89. The van der Waals surface area contributed by atoms with Gasteiger partial charge in [-0.25, -0.2) is 8.42 Å². The Kier molecular flexibility index (Phi) is 6.86. The molecule has 3 aromatic carbocycles. The van der Waals surface area contributed by atoms with E-state index < -0.39 is 10.0 Å². The van der Waals surface area contributed by atoms with Gasteiger partial charge >= 0.3 is 0 Å². The van der Waals surface area contributed by atoms with Gasteiger partial charge < -0.3 is 9.72 Å². The van der Waals surface area contributed by atoms with E-state index in [1.165, 1.54) is 4.31 Å². The van der Waals surface area contributed by atoms with Crippen molar-refractivity contribution in [3.8, 4) is 5.75 Å². The van der Waals surface area contributed by atoms with E-state index in [1.54, 1.807) is 49.6 Å². The van der Waals surface area contributed by atoms with E-state index in [4.69, 9.17) is 4.74 Å². The maximum atomic E-state index is 13.6. The van der Waals surface area contributed by atoms with Gasteiger partial charge in [-0.15, -0.1) is 0 Å². The van der Waals surface area contributed by atoms with Crippen molar-refractivity contribution < 1.29 is 13.2 Å². The van der Waals surface area contributed by atoms with Crippen molar-refractivity contribution in [2.24, 2.45) is 0 Å². The van der Waals surface area contributed by atoms with Gasteiger partial charge in [-0.3, -0.25) is 4.79 Å². The van der Waals surface area contributed by atoms with Gasteiger partial charge in [0.15, 0.2) is 0 Å². The molecule has 176 valence electrons. The van der Waals surface area contributed by atoms with E-state index >= 15 is 0 Å². The van der Waals surface area contributed by atoms with Crippen LogP contribution in [0.25, 0.3) is 10.9 Å². The van der Waals surface area contributed by atoms with Gasteiger partial charge in [0.1, 0.15) is 5.75 Å². The highest BCUT2D eigenvalue weighted by Gasteiger charge is 2.25. The minimum atomic E-state index is -3.83. The number of aromatic amines is 1. The fraction of sp³-hybridized carbons (Fsp3) is 0.222. The molecule has 0 amide bonds. The van der Waals surface area contributed by atoms with E-state index in [-0.39, 0.29) is 23.5 Å². The molecule has 0 atom stereocenters. The molecule has 0 saturated carbocycles. The predicted molar refractivity (Wildman–Crippen MR) is 135 cm³/mol. The normalized spacial score (nSPS) is 11.8. The van der Waals surface area contributed by atoms with Crippen LogP contribution in [-0.4, -0.2) is 31.4 Å². The zero-order valence-corrected chi connectivity index (χ0v) is 20.4. The van der Waals surface area contributed by atoms with E-state index in [1.807, 2.05) is 44.2 Å². The molecule has 34 heavy (non-hydrogen) atoms. The molecule has 0 unspecified atom stereocenters. The number of pyridine rings is 1. The molecule has 0 spiro atoms. The number of fused-ring (bicyclic) bond motifs is 1. The van der Waals surface area contributed by atoms with Crippen molar-refractivity contribution in [3.63, 3.8) is 0 Å². The van der Waals surface area contributed by atoms with Gasteiger partial charge in [0.05, 0.1) is 12.0 Å². The number of aryl methyl sites for hydroxylation is 2. The summed E-state index contributed by atoms with van der Waals surface area (Å²) in [5.74, 6) is 0.661. The van der Waals surface area contributed by atoms with Crippen molar-refractivity contribution >= 4 is 20.9 Å². The molecular formula is C27H28N2O4S. The summed E-state index contributed by atoms with van der Waals surface area (Å²) in [4.78, 5) is 15.9. The summed E-state index contributed by atoms with van der Waals surface area (Å²) in [7, 11) is -2.25. The SMILES string of the molecule is COc1ccc2[nH]c(=O)c(CN(CCc3ccccc3C)S(=O)(=O)c3ccc(C)cc3)cc2c1. The van der Waals surface area contributed by atoms with Crippen LogP contribution in [-0.2, 0) is 23.0 Å². The van der Waals surface area contributed by atoms with Crippen LogP contribution in [0.5, 0.6) is 5.75 Å². The monoisotopic (exact) mass is 476 g/mol. The van der Waals surface area contributed by atoms with Crippen molar-refractivity contribution in [1.29, 1.82) is 0 Å². The maximum absolute atomic E-state index is 13.6. The second-order valence-corrected chi connectivity index (χ2v) is 10.3. The number of rotatable bonds is 8.